The molecule has 1 heterocycles. The number of methoxy groups -OCH3 is 1. The van der Waals surface area contributed by atoms with Gasteiger partial charge in [0.25, 0.3) is 0 Å². The second kappa shape index (κ2) is 6.57. The maximum Gasteiger partial charge on any atom is 0.312 e. The molecule has 9 heteroatoms. The van der Waals surface area contributed by atoms with E-state index in [4.69, 9.17) is 4.74 Å². The van der Waals surface area contributed by atoms with Crippen LogP contribution >= 0.6 is 0 Å². The molecule has 0 saturated carbocycles. The van der Waals surface area contributed by atoms with Gasteiger partial charge in [0.2, 0.25) is 0 Å². The minimum atomic E-state index is -0.671. The molecule has 0 bridgehead atoms. The van der Waals surface area contributed by atoms with Gasteiger partial charge in [-0.25, -0.2) is 9.97 Å². The highest BCUT2D eigenvalue weighted by atomic mass is 16.6. The van der Waals surface area contributed by atoms with E-state index < -0.39 is 16.4 Å². The first-order valence-corrected chi connectivity index (χ1v) is 7.20. The van der Waals surface area contributed by atoms with Crippen molar-refractivity contribution in [3.63, 3.8) is 0 Å². The molecule has 3 N–H and O–H groups in total. The molecule has 0 aliphatic carbocycles. The molecular formula is C16H14N4O5. The zero-order chi connectivity index (χ0) is 18.0. The summed E-state index contributed by atoms with van der Waals surface area (Å²) in [6.45, 7) is -0.198. The number of phenolic OH excluding ortho intramolecular Hbond substituents is 1. The first-order valence-electron chi connectivity index (χ1n) is 7.20. The number of nitro groups is 1. The molecule has 2 aromatic carbocycles. The van der Waals surface area contributed by atoms with E-state index in [2.05, 4.69) is 15.3 Å². The molecular weight excluding hydrogens is 328 g/mol. The Morgan fingerprint density at radius 3 is 2.76 bits per heavy atom. The topological polar surface area (TPSA) is 131 Å². The van der Waals surface area contributed by atoms with Crippen molar-refractivity contribution >= 4 is 28.1 Å². The minimum absolute atomic E-state index is 0.198. The molecule has 25 heavy (non-hydrogen) atoms. The number of nitro benzene ring substituents is 1. The van der Waals surface area contributed by atoms with E-state index in [0.29, 0.717) is 33.7 Å². The van der Waals surface area contributed by atoms with Crippen LogP contribution in [0.25, 0.3) is 10.9 Å². The lowest BCUT2D eigenvalue weighted by Crippen LogP contribution is -1.99. The number of hydrogen-bond acceptors (Lipinski definition) is 8. The highest BCUT2D eigenvalue weighted by molar-refractivity contribution is 5.92. The lowest BCUT2D eigenvalue weighted by atomic mass is 10.1. The van der Waals surface area contributed by atoms with E-state index in [-0.39, 0.29) is 6.61 Å². The summed E-state index contributed by atoms with van der Waals surface area (Å²) < 4.78 is 5.25. The molecule has 0 aliphatic rings. The van der Waals surface area contributed by atoms with E-state index >= 15 is 0 Å². The molecule has 0 spiro atoms. The van der Waals surface area contributed by atoms with Crippen LogP contribution in [0.3, 0.4) is 0 Å². The number of benzene rings is 2. The average molecular weight is 342 g/mol. The highest BCUT2D eigenvalue weighted by Crippen LogP contribution is 2.33. The van der Waals surface area contributed by atoms with Gasteiger partial charge in [-0.3, -0.25) is 10.1 Å². The standard InChI is InChI=1S/C16H14N4O5/c1-25-15-6-11-12(4-9(15)7-21)17-8-18-16(11)19-10-2-3-14(22)13(5-10)20(23)24/h2-6,8,21-22H,7H2,1H3,(H,17,18,19). The Balaban J connectivity index is 2.07. The predicted molar refractivity (Wildman–Crippen MR) is 90.1 cm³/mol. The third kappa shape index (κ3) is 3.12. The largest absolute Gasteiger partial charge is 0.502 e. The van der Waals surface area contributed by atoms with Gasteiger partial charge in [0.15, 0.2) is 5.75 Å². The van der Waals surface area contributed by atoms with Crippen LogP contribution in [0.2, 0.25) is 0 Å². The fourth-order valence-electron chi connectivity index (χ4n) is 2.42. The Hall–Kier alpha value is -3.46. The quantitative estimate of drug-likeness (QED) is 0.366. The van der Waals surface area contributed by atoms with Crippen molar-refractivity contribution in [3.8, 4) is 11.5 Å². The molecule has 0 radical (unpaired) electrons. The number of aliphatic hydroxyl groups excluding tert-OH is 1. The maximum atomic E-state index is 10.9. The van der Waals surface area contributed by atoms with Gasteiger partial charge >= 0.3 is 5.69 Å². The number of aromatic nitrogens is 2. The number of fused-ring (bicyclic) bond motifs is 1. The summed E-state index contributed by atoms with van der Waals surface area (Å²) in [5.41, 5.74) is 1.13. The Labute approximate surface area is 141 Å². The van der Waals surface area contributed by atoms with Gasteiger partial charge < -0.3 is 20.3 Å². The average Bonchev–Trinajstić information content (AvgIpc) is 2.62. The van der Waals surface area contributed by atoms with Gasteiger partial charge in [-0.15, -0.1) is 0 Å². The number of ether oxygens (including phenoxy) is 1. The van der Waals surface area contributed by atoms with Crippen molar-refractivity contribution in [2.75, 3.05) is 12.4 Å². The molecule has 0 aliphatic heterocycles. The van der Waals surface area contributed by atoms with Gasteiger partial charge in [0.05, 0.1) is 24.2 Å². The van der Waals surface area contributed by atoms with Gasteiger partial charge in [-0.2, -0.15) is 0 Å². The van der Waals surface area contributed by atoms with Crippen LogP contribution in [-0.4, -0.2) is 32.2 Å². The number of aromatic hydroxyl groups is 1. The number of anilines is 2. The molecule has 0 unspecified atom stereocenters. The molecule has 0 amide bonds. The molecule has 128 valence electrons. The van der Waals surface area contributed by atoms with Crippen molar-refractivity contribution in [2.45, 2.75) is 6.61 Å². The Morgan fingerprint density at radius 1 is 1.28 bits per heavy atom. The first kappa shape index (κ1) is 16.4. The summed E-state index contributed by atoms with van der Waals surface area (Å²) in [7, 11) is 1.49. The van der Waals surface area contributed by atoms with Gasteiger partial charge in [-0.1, -0.05) is 0 Å². The molecule has 1 aromatic heterocycles. The van der Waals surface area contributed by atoms with Crippen molar-refractivity contribution in [3.05, 3.63) is 52.3 Å². The smallest absolute Gasteiger partial charge is 0.312 e. The number of phenols is 1. The summed E-state index contributed by atoms with van der Waals surface area (Å²) in [5, 5.41) is 33.5. The number of hydrogen-bond donors (Lipinski definition) is 3. The van der Waals surface area contributed by atoms with Gasteiger partial charge in [-0.05, 0) is 24.3 Å². The number of aliphatic hydroxyl groups is 1. The molecule has 3 aromatic rings. The highest BCUT2D eigenvalue weighted by Gasteiger charge is 2.15. The van der Waals surface area contributed by atoms with E-state index in [1.54, 1.807) is 12.1 Å². The van der Waals surface area contributed by atoms with Crippen LogP contribution in [-0.2, 0) is 6.61 Å². The second-order valence-corrected chi connectivity index (χ2v) is 5.15. The normalized spacial score (nSPS) is 10.6. The van der Waals surface area contributed by atoms with Crippen molar-refractivity contribution in [2.24, 2.45) is 0 Å². The zero-order valence-electron chi connectivity index (χ0n) is 13.1. The first-order chi connectivity index (χ1) is 12.0. The van der Waals surface area contributed by atoms with E-state index in [1.807, 2.05) is 0 Å². The van der Waals surface area contributed by atoms with E-state index in [9.17, 15) is 20.3 Å². The van der Waals surface area contributed by atoms with Crippen LogP contribution in [0.1, 0.15) is 5.56 Å². The summed E-state index contributed by atoms with van der Waals surface area (Å²) >= 11 is 0. The number of nitrogens with one attached hydrogen (secondary N) is 1. The van der Waals surface area contributed by atoms with Crippen LogP contribution in [0.4, 0.5) is 17.2 Å². The molecule has 0 atom stereocenters. The van der Waals surface area contributed by atoms with Crippen molar-refractivity contribution < 1.29 is 19.9 Å². The van der Waals surface area contributed by atoms with Crippen molar-refractivity contribution in [1.29, 1.82) is 0 Å². The zero-order valence-corrected chi connectivity index (χ0v) is 13.1. The molecule has 0 fully saturated rings. The Bertz CT molecular complexity index is 961. The second-order valence-electron chi connectivity index (χ2n) is 5.15. The maximum absolute atomic E-state index is 10.9. The lowest BCUT2D eigenvalue weighted by Gasteiger charge is -2.12. The summed E-state index contributed by atoms with van der Waals surface area (Å²) in [4.78, 5) is 18.6. The Kier molecular flexibility index (Phi) is 4.31. The summed E-state index contributed by atoms with van der Waals surface area (Å²) in [6.07, 6.45) is 1.34. The third-order valence-corrected chi connectivity index (χ3v) is 3.64. The van der Waals surface area contributed by atoms with E-state index in [1.165, 1.54) is 31.6 Å². The molecule has 0 saturated heterocycles. The monoisotopic (exact) mass is 342 g/mol. The van der Waals surface area contributed by atoms with E-state index in [0.717, 1.165) is 0 Å². The number of nitrogens with zero attached hydrogens (tertiary/aromatic N) is 3. The fourth-order valence-corrected chi connectivity index (χ4v) is 2.42. The van der Waals surface area contributed by atoms with Gasteiger partial charge in [0.1, 0.15) is 17.9 Å². The Morgan fingerprint density at radius 2 is 2.08 bits per heavy atom. The molecule has 9 nitrogen and oxygen atoms in total. The predicted octanol–water partition coefficient (Wildman–Crippen LogP) is 2.49. The fraction of sp³-hybridized carbons (Fsp3) is 0.125. The van der Waals surface area contributed by atoms with Crippen molar-refractivity contribution in [1.82, 2.24) is 9.97 Å². The van der Waals surface area contributed by atoms with Crippen LogP contribution < -0.4 is 10.1 Å². The van der Waals surface area contributed by atoms with Gasteiger partial charge in [0, 0.05) is 22.7 Å². The minimum Gasteiger partial charge on any atom is -0.502 e. The lowest BCUT2D eigenvalue weighted by molar-refractivity contribution is -0.385. The van der Waals surface area contributed by atoms with Crippen LogP contribution in [0.5, 0.6) is 11.5 Å². The van der Waals surface area contributed by atoms with Crippen LogP contribution in [0, 0.1) is 10.1 Å². The number of rotatable bonds is 5. The third-order valence-electron chi connectivity index (χ3n) is 3.64. The SMILES string of the molecule is COc1cc2c(Nc3ccc(O)c([N+](=O)[O-])c3)ncnc2cc1CO. The van der Waals surface area contributed by atoms with Crippen LogP contribution in [0.15, 0.2) is 36.7 Å². The molecule has 3 rings (SSSR count). The summed E-state index contributed by atoms with van der Waals surface area (Å²) in [5.74, 6) is 0.467. The summed E-state index contributed by atoms with van der Waals surface area (Å²) in [6, 6.07) is 7.30.